The molecule has 10 heteroatoms. The van der Waals surface area contributed by atoms with Crippen molar-refractivity contribution in [3.8, 4) is 0 Å². The van der Waals surface area contributed by atoms with Crippen molar-refractivity contribution in [2.45, 2.75) is 33.0 Å². The molecule has 1 amide bonds. The van der Waals surface area contributed by atoms with E-state index < -0.39 is 17.9 Å². The molecule has 0 fully saturated rings. The Hall–Kier alpha value is -3.43. The molecule has 2 N–H and O–H groups in total. The van der Waals surface area contributed by atoms with Crippen LogP contribution in [0.3, 0.4) is 0 Å². The second-order valence-corrected chi connectivity index (χ2v) is 5.76. The third kappa shape index (κ3) is 3.63. The molecular formula is C16H19N7O3. The Morgan fingerprint density at radius 1 is 1.19 bits per heavy atom. The second-order valence-electron chi connectivity index (χ2n) is 5.76. The Bertz CT molecular complexity index is 924. The van der Waals surface area contributed by atoms with Crippen molar-refractivity contribution in [2.75, 3.05) is 5.32 Å². The minimum atomic E-state index is -1.07. The van der Waals surface area contributed by atoms with E-state index in [4.69, 9.17) is 5.11 Å². The maximum Gasteiger partial charge on any atom is 0.328 e. The van der Waals surface area contributed by atoms with Gasteiger partial charge in [0.15, 0.2) is 0 Å². The van der Waals surface area contributed by atoms with Gasteiger partial charge in [0.05, 0.1) is 24.6 Å². The fraction of sp³-hybridized carbons (Fsp3) is 0.312. The average Bonchev–Trinajstić information content (AvgIpc) is 3.34. The van der Waals surface area contributed by atoms with Gasteiger partial charge in [0, 0.05) is 30.7 Å². The van der Waals surface area contributed by atoms with Gasteiger partial charge in [-0.2, -0.15) is 15.3 Å². The lowest BCUT2D eigenvalue weighted by Gasteiger charge is -2.10. The Kier molecular flexibility index (Phi) is 4.83. The van der Waals surface area contributed by atoms with Crippen LogP contribution < -0.4 is 5.32 Å². The molecule has 0 aliphatic carbocycles. The Morgan fingerprint density at radius 2 is 1.96 bits per heavy atom. The lowest BCUT2D eigenvalue weighted by Crippen LogP contribution is -2.24. The summed E-state index contributed by atoms with van der Waals surface area (Å²) in [5, 5.41) is 24.1. The number of anilines is 1. The van der Waals surface area contributed by atoms with Gasteiger partial charge in [-0.1, -0.05) is 0 Å². The van der Waals surface area contributed by atoms with E-state index in [-0.39, 0.29) is 5.69 Å². The largest absolute Gasteiger partial charge is 0.480 e. The lowest BCUT2D eigenvalue weighted by molar-refractivity contribution is -0.140. The molecule has 1 atom stereocenters. The van der Waals surface area contributed by atoms with Crippen LogP contribution in [0, 0.1) is 0 Å². The summed E-state index contributed by atoms with van der Waals surface area (Å²) in [6.45, 7) is 4.79. The first kappa shape index (κ1) is 17.4. The topological polar surface area (TPSA) is 120 Å². The van der Waals surface area contributed by atoms with Gasteiger partial charge in [-0.15, -0.1) is 0 Å². The van der Waals surface area contributed by atoms with E-state index in [0.717, 1.165) is 12.1 Å². The highest BCUT2D eigenvalue weighted by Crippen LogP contribution is 2.13. The average molecular weight is 357 g/mol. The molecule has 10 nitrogen and oxygen atoms in total. The zero-order chi connectivity index (χ0) is 18.7. The van der Waals surface area contributed by atoms with Crippen LogP contribution in [-0.2, 0) is 17.9 Å². The molecule has 0 aliphatic rings. The first-order chi connectivity index (χ1) is 12.5. The predicted octanol–water partition coefficient (Wildman–Crippen LogP) is 1.24. The number of aromatic nitrogens is 6. The molecule has 0 spiro atoms. The quantitative estimate of drug-likeness (QED) is 0.656. The van der Waals surface area contributed by atoms with Crippen LogP contribution >= 0.6 is 0 Å². The Labute approximate surface area is 149 Å². The zero-order valence-corrected chi connectivity index (χ0v) is 14.4. The fourth-order valence-corrected chi connectivity index (χ4v) is 2.47. The molecule has 0 radical (unpaired) electrons. The molecule has 3 aromatic rings. The van der Waals surface area contributed by atoms with Crippen LogP contribution in [0.5, 0.6) is 0 Å². The van der Waals surface area contributed by atoms with Crippen LogP contribution in [0.1, 0.15) is 35.9 Å². The van der Waals surface area contributed by atoms with E-state index in [9.17, 15) is 9.59 Å². The summed E-state index contributed by atoms with van der Waals surface area (Å²) in [5.74, 6) is -1.52. The highest BCUT2D eigenvalue weighted by atomic mass is 16.4. The van der Waals surface area contributed by atoms with Crippen LogP contribution in [-0.4, -0.2) is 46.3 Å². The first-order valence-electron chi connectivity index (χ1n) is 8.09. The monoisotopic (exact) mass is 357 g/mol. The standard InChI is InChI=1S/C16H19N7O3/c1-3-21-8-12(6-18-21)9-22-10-13(7-19-22)20-15(24)14-4-5-17-23(14)11(2)16(25)26/h4-8,10-11H,3,9H2,1-2H3,(H,20,24)(H,25,26). The van der Waals surface area contributed by atoms with Gasteiger partial charge in [-0.25, -0.2) is 9.48 Å². The van der Waals surface area contributed by atoms with Crippen molar-refractivity contribution in [3.05, 3.63) is 48.3 Å². The minimum Gasteiger partial charge on any atom is -0.480 e. The summed E-state index contributed by atoms with van der Waals surface area (Å²) in [7, 11) is 0. The van der Waals surface area contributed by atoms with E-state index in [1.807, 2.05) is 17.8 Å². The van der Waals surface area contributed by atoms with Crippen molar-refractivity contribution in [1.29, 1.82) is 0 Å². The lowest BCUT2D eigenvalue weighted by atomic mass is 10.3. The number of hydrogen-bond acceptors (Lipinski definition) is 5. The third-order valence-corrected chi connectivity index (χ3v) is 3.87. The van der Waals surface area contributed by atoms with Crippen LogP contribution in [0.25, 0.3) is 0 Å². The molecule has 3 heterocycles. The van der Waals surface area contributed by atoms with Crippen molar-refractivity contribution in [1.82, 2.24) is 29.3 Å². The number of hydrogen-bond donors (Lipinski definition) is 2. The number of carboxylic acid groups (broad SMARTS) is 1. The number of nitrogens with one attached hydrogen (secondary N) is 1. The Balaban J connectivity index is 1.68. The molecule has 0 aliphatic heterocycles. The van der Waals surface area contributed by atoms with Gasteiger partial charge in [-0.3, -0.25) is 14.2 Å². The molecule has 1 unspecified atom stereocenters. The molecule has 0 saturated heterocycles. The van der Waals surface area contributed by atoms with Gasteiger partial charge in [-0.05, 0) is 19.9 Å². The summed E-state index contributed by atoms with van der Waals surface area (Å²) >= 11 is 0. The number of nitrogens with zero attached hydrogens (tertiary/aromatic N) is 6. The summed E-state index contributed by atoms with van der Waals surface area (Å²) in [6.07, 6.45) is 8.33. The molecule has 0 saturated carbocycles. The van der Waals surface area contributed by atoms with Crippen molar-refractivity contribution < 1.29 is 14.7 Å². The zero-order valence-electron chi connectivity index (χ0n) is 14.4. The minimum absolute atomic E-state index is 0.164. The number of rotatable bonds is 7. The van der Waals surface area contributed by atoms with Gasteiger partial charge < -0.3 is 10.4 Å². The molecular weight excluding hydrogens is 338 g/mol. The number of carbonyl (C=O) groups excluding carboxylic acids is 1. The van der Waals surface area contributed by atoms with E-state index in [2.05, 4.69) is 20.6 Å². The number of aryl methyl sites for hydroxylation is 1. The van der Waals surface area contributed by atoms with Gasteiger partial charge in [0.1, 0.15) is 11.7 Å². The normalized spacial score (nSPS) is 12.1. The molecule has 3 aromatic heterocycles. The van der Waals surface area contributed by atoms with Crippen LogP contribution in [0.15, 0.2) is 37.1 Å². The SMILES string of the molecule is CCn1cc(Cn2cc(NC(=O)c3ccnn3C(C)C(=O)O)cn2)cn1. The maximum atomic E-state index is 12.4. The van der Waals surface area contributed by atoms with Gasteiger partial charge >= 0.3 is 5.97 Å². The molecule has 0 bridgehead atoms. The van der Waals surface area contributed by atoms with E-state index >= 15 is 0 Å². The summed E-state index contributed by atoms with van der Waals surface area (Å²) < 4.78 is 4.68. The number of carbonyl (C=O) groups is 2. The number of carboxylic acids is 1. The first-order valence-corrected chi connectivity index (χ1v) is 8.09. The third-order valence-electron chi connectivity index (χ3n) is 3.87. The van der Waals surface area contributed by atoms with Crippen LogP contribution in [0.2, 0.25) is 0 Å². The molecule has 0 aromatic carbocycles. The van der Waals surface area contributed by atoms with E-state index in [0.29, 0.717) is 12.2 Å². The number of amides is 1. The summed E-state index contributed by atoms with van der Waals surface area (Å²) in [6, 6.07) is 0.529. The van der Waals surface area contributed by atoms with Crippen molar-refractivity contribution in [2.24, 2.45) is 0 Å². The maximum absolute atomic E-state index is 12.4. The predicted molar refractivity (Wildman–Crippen MR) is 91.8 cm³/mol. The molecule has 26 heavy (non-hydrogen) atoms. The molecule has 3 rings (SSSR count). The van der Waals surface area contributed by atoms with E-state index in [1.165, 1.54) is 30.1 Å². The van der Waals surface area contributed by atoms with E-state index in [1.54, 1.807) is 17.1 Å². The smallest absolute Gasteiger partial charge is 0.328 e. The second kappa shape index (κ2) is 7.21. The summed E-state index contributed by atoms with van der Waals surface area (Å²) in [4.78, 5) is 23.5. The Morgan fingerprint density at radius 3 is 2.65 bits per heavy atom. The fourth-order valence-electron chi connectivity index (χ4n) is 2.47. The molecule has 136 valence electrons. The van der Waals surface area contributed by atoms with Gasteiger partial charge in [0.25, 0.3) is 5.91 Å². The highest BCUT2D eigenvalue weighted by molar-refractivity contribution is 6.03. The van der Waals surface area contributed by atoms with Crippen LogP contribution in [0.4, 0.5) is 5.69 Å². The highest BCUT2D eigenvalue weighted by Gasteiger charge is 2.21. The van der Waals surface area contributed by atoms with Gasteiger partial charge in [0.2, 0.25) is 0 Å². The number of aliphatic carboxylic acids is 1. The summed E-state index contributed by atoms with van der Waals surface area (Å²) in [5.41, 5.74) is 1.67. The van der Waals surface area contributed by atoms with Crippen molar-refractivity contribution >= 4 is 17.6 Å². The van der Waals surface area contributed by atoms with Crippen molar-refractivity contribution in [3.63, 3.8) is 0 Å².